The summed E-state index contributed by atoms with van der Waals surface area (Å²) in [5.74, 6) is -0.297. The predicted octanol–water partition coefficient (Wildman–Crippen LogP) is 5.01. The summed E-state index contributed by atoms with van der Waals surface area (Å²) in [7, 11) is 0. The Morgan fingerprint density at radius 2 is 2.06 bits per heavy atom. The monoisotopic (exact) mass is 344 g/mol. The van der Waals surface area contributed by atoms with E-state index in [0.717, 1.165) is 14.9 Å². The Balaban J connectivity index is 2.34. The van der Waals surface area contributed by atoms with Crippen molar-refractivity contribution in [3.8, 4) is 10.4 Å². The Hall–Kier alpha value is -0.840. The maximum Gasteiger partial charge on any atom is 0.349 e. The van der Waals surface area contributed by atoms with Gasteiger partial charge in [0.05, 0.1) is 6.61 Å². The Morgan fingerprint density at radius 1 is 1.39 bits per heavy atom. The minimum Gasteiger partial charge on any atom is -0.462 e. The zero-order valence-electron chi connectivity index (χ0n) is 9.57. The number of benzene rings is 1. The molecule has 2 nitrogen and oxygen atoms in total. The van der Waals surface area contributed by atoms with Crippen molar-refractivity contribution in [1.29, 1.82) is 0 Å². The molecule has 18 heavy (non-hydrogen) atoms. The van der Waals surface area contributed by atoms with Gasteiger partial charge in [-0.05, 0) is 46.6 Å². The highest BCUT2D eigenvalue weighted by Gasteiger charge is 2.16. The van der Waals surface area contributed by atoms with E-state index in [0.29, 0.717) is 16.5 Å². The van der Waals surface area contributed by atoms with Crippen molar-refractivity contribution in [2.24, 2.45) is 0 Å². The van der Waals surface area contributed by atoms with Gasteiger partial charge in [0.1, 0.15) is 4.88 Å². The van der Waals surface area contributed by atoms with E-state index in [2.05, 4.69) is 15.9 Å². The predicted molar refractivity (Wildman–Crippen MR) is 78.4 cm³/mol. The van der Waals surface area contributed by atoms with Crippen molar-refractivity contribution in [3.05, 3.63) is 44.7 Å². The van der Waals surface area contributed by atoms with Gasteiger partial charge < -0.3 is 4.74 Å². The first kappa shape index (κ1) is 13.6. The van der Waals surface area contributed by atoms with Crippen LogP contribution in [0.25, 0.3) is 10.4 Å². The standard InChI is InChI=1S/C13H10BrClO2S/c1-2-17-13(16)12-10(14)7-11(18-12)8-3-5-9(15)6-4-8/h3-7H,2H2,1H3. The van der Waals surface area contributed by atoms with Crippen LogP contribution in [0.5, 0.6) is 0 Å². The summed E-state index contributed by atoms with van der Waals surface area (Å²) >= 11 is 10.6. The molecule has 0 spiro atoms. The van der Waals surface area contributed by atoms with Gasteiger partial charge in [0.15, 0.2) is 0 Å². The lowest BCUT2D eigenvalue weighted by Gasteiger charge is -1.98. The molecule has 0 amide bonds. The SMILES string of the molecule is CCOC(=O)c1sc(-c2ccc(Cl)cc2)cc1Br. The molecule has 0 N–H and O–H groups in total. The summed E-state index contributed by atoms with van der Waals surface area (Å²) in [6.07, 6.45) is 0. The molecule has 0 fully saturated rings. The van der Waals surface area contributed by atoms with E-state index in [9.17, 15) is 4.79 Å². The largest absolute Gasteiger partial charge is 0.462 e. The summed E-state index contributed by atoms with van der Waals surface area (Å²) in [5, 5.41) is 0.694. The summed E-state index contributed by atoms with van der Waals surface area (Å²) in [4.78, 5) is 13.3. The third kappa shape index (κ3) is 2.94. The lowest BCUT2D eigenvalue weighted by atomic mass is 10.2. The molecule has 1 heterocycles. The zero-order chi connectivity index (χ0) is 13.1. The van der Waals surface area contributed by atoms with Gasteiger partial charge in [0, 0.05) is 14.4 Å². The van der Waals surface area contributed by atoms with E-state index in [1.807, 2.05) is 30.3 Å². The fourth-order valence-electron chi connectivity index (χ4n) is 1.46. The quantitative estimate of drug-likeness (QED) is 0.731. The highest BCUT2D eigenvalue weighted by atomic mass is 79.9. The molecule has 0 aliphatic heterocycles. The van der Waals surface area contributed by atoms with Crippen molar-refractivity contribution in [1.82, 2.24) is 0 Å². The van der Waals surface area contributed by atoms with Crippen LogP contribution in [0.3, 0.4) is 0 Å². The third-order valence-corrected chi connectivity index (χ3v) is 4.58. The zero-order valence-corrected chi connectivity index (χ0v) is 12.7. The van der Waals surface area contributed by atoms with Crippen LogP contribution in [0.15, 0.2) is 34.8 Å². The van der Waals surface area contributed by atoms with Crippen LogP contribution in [0.4, 0.5) is 0 Å². The number of hydrogen-bond acceptors (Lipinski definition) is 3. The Bertz CT molecular complexity index is 563. The van der Waals surface area contributed by atoms with Crippen LogP contribution < -0.4 is 0 Å². The number of hydrogen-bond donors (Lipinski definition) is 0. The number of rotatable bonds is 3. The van der Waals surface area contributed by atoms with Gasteiger partial charge in [0.25, 0.3) is 0 Å². The van der Waals surface area contributed by atoms with Crippen molar-refractivity contribution < 1.29 is 9.53 Å². The maximum atomic E-state index is 11.7. The molecule has 0 saturated carbocycles. The first-order valence-electron chi connectivity index (χ1n) is 5.34. The molecule has 2 rings (SSSR count). The number of carbonyl (C=O) groups excluding carboxylic acids is 1. The van der Waals surface area contributed by atoms with Crippen molar-refractivity contribution >= 4 is 44.8 Å². The Morgan fingerprint density at radius 3 is 2.67 bits per heavy atom. The molecule has 1 aromatic carbocycles. The molecule has 0 saturated heterocycles. The minimum absolute atomic E-state index is 0.297. The van der Waals surface area contributed by atoms with Gasteiger partial charge in [-0.3, -0.25) is 0 Å². The van der Waals surface area contributed by atoms with Gasteiger partial charge in [-0.25, -0.2) is 4.79 Å². The molecule has 1 aromatic heterocycles. The number of halogens is 2. The second-order valence-corrected chi connectivity index (χ2v) is 5.86. The van der Waals surface area contributed by atoms with Crippen LogP contribution in [-0.2, 0) is 4.74 Å². The average Bonchev–Trinajstić information content (AvgIpc) is 2.72. The molecule has 0 radical (unpaired) electrons. The van der Waals surface area contributed by atoms with E-state index in [4.69, 9.17) is 16.3 Å². The summed E-state index contributed by atoms with van der Waals surface area (Å²) in [6, 6.07) is 9.42. The van der Waals surface area contributed by atoms with Crippen LogP contribution in [0.1, 0.15) is 16.6 Å². The van der Waals surface area contributed by atoms with E-state index in [1.165, 1.54) is 11.3 Å². The molecular formula is C13H10BrClO2S. The molecule has 0 aliphatic carbocycles. The molecule has 0 atom stereocenters. The highest BCUT2D eigenvalue weighted by molar-refractivity contribution is 9.10. The van der Waals surface area contributed by atoms with Gasteiger partial charge in [0.2, 0.25) is 0 Å². The average molecular weight is 346 g/mol. The fraction of sp³-hybridized carbons (Fsp3) is 0.154. The first-order valence-corrected chi connectivity index (χ1v) is 7.33. The van der Waals surface area contributed by atoms with Crippen molar-refractivity contribution in [2.45, 2.75) is 6.92 Å². The van der Waals surface area contributed by atoms with Crippen LogP contribution in [0, 0.1) is 0 Å². The van der Waals surface area contributed by atoms with Gasteiger partial charge in [-0.15, -0.1) is 11.3 Å². The van der Waals surface area contributed by atoms with Crippen LogP contribution in [-0.4, -0.2) is 12.6 Å². The Kier molecular flexibility index (Phi) is 4.43. The molecule has 0 unspecified atom stereocenters. The van der Waals surface area contributed by atoms with E-state index >= 15 is 0 Å². The fourth-order valence-corrected chi connectivity index (χ4v) is 3.32. The van der Waals surface area contributed by atoms with Crippen molar-refractivity contribution in [3.63, 3.8) is 0 Å². The number of esters is 1. The second kappa shape index (κ2) is 5.87. The molecule has 0 aliphatic rings. The highest BCUT2D eigenvalue weighted by Crippen LogP contribution is 2.35. The van der Waals surface area contributed by atoms with Gasteiger partial charge in [-0.1, -0.05) is 23.7 Å². The third-order valence-electron chi connectivity index (χ3n) is 2.28. The molecule has 5 heteroatoms. The summed E-state index contributed by atoms with van der Waals surface area (Å²) in [5.41, 5.74) is 1.03. The summed E-state index contributed by atoms with van der Waals surface area (Å²) < 4.78 is 5.76. The molecule has 0 bridgehead atoms. The number of ether oxygens (including phenoxy) is 1. The molecule has 2 aromatic rings. The minimum atomic E-state index is -0.297. The molecule has 94 valence electrons. The van der Waals surface area contributed by atoms with Gasteiger partial charge >= 0.3 is 5.97 Å². The number of thiophene rings is 1. The number of carbonyl (C=O) groups is 1. The smallest absolute Gasteiger partial charge is 0.349 e. The van der Waals surface area contributed by atoms with Crippen molar-refractivity contribution in [2.75, 3.05) is 6.61 Å². The lowest BCUT2D eigenvalue weighted by Crippen LogP contribution is -2.02. The Labute approximate surface area is 123 Å². The van der Waals surface area contributed by atoms with Crippen LogP contribution in [0.2, 0.25) is 5.02 Å². The van der Waals surface area contributed by atoms with Crippen LogP contribution >= 0.6 is 38.9 Å². The molecular weight excluding hydrogens is 336 g/mol. The normalized spacial score (nSPS) is 10.4. The van der Waals surface area contributed by atoms with E-state index in [1.54, 1.807) is 6.92 Å². The summed E-state index contributed by atoms with van der Waals surface area (Å²) in [6.45, 7) is 2.17. The first-order chi connectivity index (χ1) is 8.61. The topological polar surface area (TPSA) is 26.3 Å². The maximum absolute atomic E-state index is 11.7. The van der Waals surface area contributed by atoms with E-state index < -0.39 is 0 Å². The second-order valence-electron chi connectivity index (χ2n) is 3.52. The lowest BCUT2D eigenvalue weighted by molar-refractivity contribution is 0.0531. The van der Waals surface area contributed by atoms with E-state index in [-0.39, 0.29) is 5.97 Å². The van der Waals surface area contributed by atoms with Gasteiger partial charge in [-0.2, -0.15) is 0 Å².